The predicted octanol–water partition coefficient (Wildman–Crippen LogP) is 6.52. The van der Waals surface area contributed by atoms with Crippen LogP contribution in [0.15, 0.2) is 72.8 Å². The molecule has 0 bridgehead atoms. The summed E-state index contributed by atoms with van der Waals surface area (Å²) >= 11 is 0. The first-order valence-electron chi connectivity index (χ1n) is 12.8. The molecular weight excluding hydrogens is 543 g/mol. The van der Waals surface area contributed by atoms with E-state index in [1.165, 1.54) is 43.7 Å². The molecule has 0 N–H and O–H groups in total. The fraction of sp³-hybridized carbons (Fsp3) is 0.300. The summed E-state index contributed by atoms with van der Waals surface area (Å²) in [6, 6.07) is 20.0. The Labute approximate surface area is 231 Å². The topological polar surface area (TPSA) is 72.9 Å². The second-order valence-electron chi connectivity index (χ2n) is 10.1. The van der Waals surface area contributed by atoms with Crippen LogP contribution in [0.25, 0.3) is 6.08 Å². The summed E-state index contributed by atoms with van der Waals surface area (Å²) < 4.78 is 71.1. The molecular formula is C30H28F3NO5S. The molecule has 0 radical (unpaired) electrons. The minimum Gasteiger partial charge on any atom is -0.466 e. The number of alkyl halides is 3. The summed E-state index contributed by atoms with van der Waals surface area (Å²) in [6.07, 6.45) is 5.84. The molecule has 1 aliphatic carbocycles. The third-order valence-corrected chi connectivity index (χ3v) is 8.25. The van der Waals surface area contributed by atoms with Crippen LogP contribution in [0, 0.1) is 0 Å². The Morgan fingerprint density at radius 1 is 0.975 bits per heavy atom. The van der Waals surface area contributed by atoms with Crippen molar-refractivity contribution in [3.8, 4) is 5.75 Å². The predicted molar refractivity (Wildman–Crippen MR) is 145 cm³/mol. The van der Waals surface area contributed by atoms with E-state index in [-0.39, 0.29) is 17.8 Å². The number of carbonyl (C=O) groups is 1. The number of hydrogen-bond acceptors (Lipinski definition) is 6. The normalized spacial score (nSPS) is 19.4. The van der Waals surface area contributed by atoms with Gasteiger partial charge in [0.25, 0.3) is 0 Å². The largest absolute Gasteiger partial charge is 0.534 e. The lowest BCUT2D eigenvalue weighted by Crippen LogP contribution is -2.43. The Balaban J connectivity index is 1.54. The number of halogens is 3. The summed E-state index contributed by atoms with van der Waals surface area (Å²) in [5, 5.41) is 0. The Morgan fingerprint density at radius 3 is 2.23 bits per heavy atom. The van der Waals surface area contributed by atoms with E-state index in [9.17, 15) is 26.4 Å². The van der Waals surface area contributed by atoms with Crippen LogP contribution in [-0.2, 0) is 26.1 Å². The molecule has 1 saturated carbocycles. The maximum atomic E-state index is 12.9. The van der Waals surface area contributed by atoms with Gasteiger partial charge in [-0.3, -0.25) is 0 Å². The number of anilines is 1. The fourth-order valence-corrected chi connectivity index (χ4v) is 5.62. The van der Waals surface area contributed by atoms with Crippen LogP contribution in [0.4, 0.5) is 18.9 Å². The van der Waals surface area contributed by atoms with Crippen molar-refractivity contribution < 1.29 is 35.3 Å². The molecule has 1 heterocycles. The van der Waals surface area contributed by atoms with E-state index in [0.717, 1.165) is 22.4 Å². The van der Waals surface area contributed by atoms with E-state index < -0.39 is 21.6 Å². The molecule has 3 aromatic rings. The highest BCUT2D eigenvalue weighted by molar-refractivity contribution is 7.88. The number of methoxy groups -OCH3 is 1. The van der Waals surface area contributed by atoms with Crippen LogP contribution in [0.1, 0.15) is 59.5 Å². The molecule has 1 aliphatic heterocycles. The van der Waals surface area contributed by atoms with Gasteiger partial charge in [0.15, 0.2) is 0 Å². The fourth-order valence-electron chi connectivity index (χ4n) is 5.17. The molecule has 2 atom stereocenters. The van der Waals surface area contributed by atoms with Gasteiger partial charge in [0.2, 0.25) is 0 Å². The zero-order chi connectivity index (χ0) is 28.7. The van der Waals surface area contributed by atoms with Crippen LogP contribution in [0.3, 0.4) is 0 Å². The van der Waals surface area contributed by atoms with E-state index in [1.807, 2.05) is 31.2 Å². The third kappa shape index (κ3) is 5.72. The molecule has 6 nitrogen and oxygen atoms in total. The van der Waals surface area contributed by atoms with Gasteiger partial charge in [0.05, 0.1) is 13.2 Å². The van der Waals surface area contributed by atoms with Gasteiger partial charge in [-0.2, -0.15) is 21.6 Å². The number of ether oxygens (including phenoxy) is 1. The quantitative estimate of drug-likeness (QED) is 0.139. The maximum Gasteiger partial charge on any atom is 0.534 e. The standard InChI is InChI=1S/C30H28F3NO5S/c1-19-17-24-18-26(39-40(36,37)30(31,32)33)14-15-27(24)29(23-6-3-20(4-7-23)5-16-28(35)38-2)34(19)25-12-10-22(11-13-25)21-8-9-21/h3-7,10-16,18-19,21,29H,8-9,17H2,1-2H3/b16-5+/t19-,29-/m0/s1. The van der Waals surface area contributed by atoms with Crippen molar-refractivity contribution in [3.05, 3.63) is 101 Å². The molecule has 0 unspecified atom stereocenters. The molecule has 0 amide bonds. The zero-order valence-corrected chi connectivity index (χ0v) is 22.7. The lowest BCUT2D eigenvalue weighted by molar-refractivity contribution is -0.134. The first kappa shape index (κ1) is 27.8. The number of rotatable bonds is 7. The third-order valence-electron chi connectivity index (χ3n) is 7.27. The summed E-state index contributed by atoms with van der Waals surface area (Å²) in [7, 11) is -4.48. The summed E-state index contributed by atoms with van der Waals surface area (Å²) in [6.45, 7) is 2.03. The maximum absolute atomic E-state index is 12.9. The molecule has 0 aromatic heterocycles. The monoisotopic (exact) mass is 571 g/mol. The molecule has 1 fully saturated rings. The summed E-state index contributed by atoms with van der Waals surface area (Å²) in [5.41, 5.74) is 0.0334. The van der Waals surface area contributed by atoms with Crippen LogP contribution >= 0.6 is 0 Å². The Kier molecular flexibility index (Phi) is 7.39. The first-order valence-corrected chi connectivity index (χ1v) is 14.3. The second-order valence-corrected chi connectivity index (χ2v) is 11.6. The van der Waals surface area contributed by atoms with Crippen molar-refractivity contribution in [2.45, 2.75) is 49.7 Å². The van der Waals surface area contributed by atoms with E-state index in [0.29, 0.717) is 17.9 Å². The van der Waals surface area contributed by atoms with Crippen LogP contribution in [0.5, 0.6) is 5.75 Å². The number of benzene rings is 3. The number of hydrogen-bond donors (Lipinski definition) is 0. The molecule has 10 heteroatoms. The van der Waals surface area contributed by atoms with Gasteiger partial charge in [-0.25, -0.2) is 4.79 Å². The Morgan fingerprint density at radius 2 is 1.62 bits per heavy atom. The van der Waals surface area contributed by atoms with Gasteiger partial charge in [-0.05, 0) is 90.3 Å². The molecule has 3 aromatic carbocycles. The SMILES string of the molecule is COC(=O)/C=C/c1ccc([C@H]2c3ccc(OS(=O)(=O)C(F)(F)F)cc3C[C@H](C)N2c2ccc(C3CC3)cc2)cc1. The molecule has 40 heavy (non-hydrogen) atoms. The van der Waals surface area contributed by atoms with E-state index in [4.69, 9.17) is 0 Å². The highest BCUT2D eigenvalue weighted by Crippen LogP contribution is 2.44. The molecule has 5 rings (SSSR count). The van der Waals surface area contributed by atoms with Gasteiger partial charge < -0.3 is 13.8 Å². The van der Waals surface area contributed by atoms with Crippen LogP contribution < -0.4 is 9.08 Å². The van der Waals surface area contributed by atoms with Crippen molar-refractivity contribution in [2.75, 3.05) is 12.0 Å². The average molecular weight is 572 g/mol. The molecule has 210 valence electrons. The smallest absolute Gasteiger partial charge is 0.466 e. The summed E-state index contributed by atoms with van der Waals surface area (Å²) in [5.74, 6) is -0.237. The van der Waals surface area contributed by atoms with Crippen molar-refractivity contribution >= 4 is 27.9 Å². The van der Waals surface area contributed by atoms with Gasteiger partial charge >= 0.3 is 21.6 Å². The Bertz CT molecular complexity index is 1530. The lowest BCUT2D eigenvalue weighted by atomic mass is 9.84. The molecule has 0 saturated heterocycles. The molecule has 2 aliphatic rings. The minimum atomic E-state index is -5.78. The minimum absolute atomic E-state index is 0.0716. The van der Waals surface area contributed by atoms with Crippen molar-refractivity contribution in [1.82, 2.24) is 0 Å². The zero-order valence-electron chi connectivity index (χ0n) is 21.9. The van der Waals surface area contributed by atoms with Gasteiger partial charge in [0.1, 0.15) is 5.75 Å². The van der Waals surface area contributed by atoms with Gasteiger partial charge in [-0.1, -0.05) is 42.5 Å². The highest BCUT2D eigenvalue weighted by Gasteiger charge is 2.48. The average Bonchev–Trinajstić information content (AvgIpc) is 3.76. The van der Waals surface area contributed by atoms with Crippen molar-refractivity contribution in [3.63, 3.8) is 0 Å². The number of nitrogens with zero attached hydrogens (tertiary/aromatic N) is 1. The first-order chi connectivity index (χ1) is 19.0. The van der Waals surface area contributed by atoms with Crippen molar-refractivity contribution in [1.29, 1.82) is 0 Å². The van der Waals surface area contributed by atoms with Crippen molar-refractivity contribution in [2.24, 2.45) is 0 Å². The lowest BCUT2D eigenvalue weighted by Gasteiger charge is -2.44. The number of carbonyl (C=O) groups excluding carboxylic acids is 1. The number of esters is 1. The van der Waals surface area contributed by atoms with Crippen LogP contribution in [0.2, 0.25) is 0 Å². The summed E-state index contributed by atoms with van der Waals surface area (Å²) in [4.78, 5) is 13.8. The van der Waals surface area contributed by atoms with Gasteiger partial charge in [0, 0.05) is 17.8 Å². The second kappa shape index (κ2) is 10.6. The van der Waals surface area contributed by atoms with E-state index >= 15 is 0 Å². The Hall–Kier alpha value is -3.79. The van der Waals surface area contributed by atoms with E-state index in [1.54, 1.807) is 12.1 Å². The van der Waals surface area contributed by atoms with Gasteiger partial charge in [-0.15, -0.1) is 0 Å². The number of fused-ring (bicyclic) bond motifs is 1. The molecule has 0 spiro atoms. The van der Waals surface area contributed by atoms with E-state index in [2.05, 4.69) is 38.1 Å². The van der Waals surface area contributed by atoms with Crippen LogP contribution in [-0.4, -0.2) is 33.0 Å². The highest BCUT2D eigenvalue weighted by atomic mass is 32.2.